The average Bonchev–Trinajstić information content (AvgIpc) is 2.62. The number of carbonyl (C=O) groups is 2. The van der Waals surface area contributed by atoms with Crippen LogP contribution in [0.25, 0.3) is 0 Å². The van der Waals surface area contributed by atoms with Crippen LogP contribution in [0.15, 0.2) is 54.6 Å². The van der Waals surface area contributed by atoms with E-state index in [1.165, 1.54) is 0 Å². The summed E-state index contributed by atoms with van der Waals surface area (Å²) in [4.78, 5) is 27.1. The molecule has 0 fully saturated rings. The molecule has 2 aromatic carbocycles. The number of hydrogen-bond donors (Lipinski definition) is 1. The van der Waals surface area contributed by atoms with Crippen LogP contribution in [-0.4, -0.2) is 35.3 Å². The predicted molar refractivity (Wildman–Crippen MR) is 110 cm³/mol. The van der Waals surface area contributed by atoms with Crippen molar-refractivity contribution in [2.45, 2.75) is 45.7 Å². The van der Waals surface area contributed by atoms with Crippen molar-refractivity contribution in [3.8, 4) is 0 Å². The number of hydrogen-bond acceptors (Lipinski definition) is 2. The summed E-state index contributed by atoms with van der Waals surface area (Å²) < 4.78 is 0. The van der Waals surface area contributed by atoms with E-state index in [0.29, 0.717) is 18.0 Å². The lowest BCUT2D eigenvalue weighted by Gasteiger charge is -2.29. The molecule has 5 heteroatoms. The molecule has 0 aliphatic heterocycles. The third kappa shape index (κ3) is 6.72. The van der Waals surface area contributed by atoms with Crippen molar-refractivity contribution in [1.82, 2.24) is 10.2 Å². The van der Waals surface area contributed by atoms with Gasteiger partial charge in [0.15, 0.2) is 0 Å². The zero-order chi connectivity index (χ0) is 19.8. The molecule has 0 saturated heterocycles. The van der Waals surface area contributed by atoms with E-state index < -0.39 is 6.04 Å². The lowest BCUT2D eigenvalue weighted by molar-refractivity contribution is -0.139. The van der Waals surface area contributed by atoms with E-state index in [1.54, 1.807) is 24.0 Å². The summed E-state index contributed by atoms with van der Waals surface area (Å²) in [5.41, 5.74) is 1.98. The van der Waals surface area contributed by atoms with Gasteiger partial charge >= 0.3 is 0 Å². The van der Waals surface area contributed by atoms with Crippen molar-refractivity contribution in [2.24, 2.45) is 0 Å². The Morgan fingerprint density at radius 2 is 1.67 bits per heavy atom. The summed E-state index contributed by atoms with van der Waals surface area (Å²) >= 11 is 6.03. The van der Waals surface area contributed by atoms with E-state index in [4.69, 9.17) is 11.6 Å². The molecule has 0 unspecified atom stereocenters. The van der Waals surface area contributed by atoms with Crippen LogP contribution < -0.4 is 5.32 Å². The molecule has 0 radical (unpaired) electrons. The van der Waals surface area contributed by atoms with Crippen LogP contribution in [0.4, 0.5) is 0 Å². The molecule has 2 amide bonds. The molecule has 2 rings (SSSR count). The number of halogens is 1. The fraction of sp³-hybridized carbons (Fsp3) is 0.364. The molecule has 0 aliphatic carbocycles. The number of rotatable bonds is 8. The third-order valence-electron chi connectivity index (χ3n) is 4.33. The molecule has 4 nitrogen and oxygen atoms in total. The average molecular weight is 387 g/mol. The smallest absolute Gasteiger partial charge is 0.242 e. The molecule has 0 bridgehead atoms. The molecule has 0 aromatic heterocycles. The molecule has 0 aliphatic rings. The largest absolute Gasteiger partial charge is 0.352 e. The minimum Gasteiger partial charge on any atom is -0.352 e. The van der Waals surface area contributed by atoms with Gasteiger partial charge in [0, 0.05) is 17.6 Å². The highest BCUT2D eigenvalue weighted by Crippen LogP contribution is 2.14. The van der Waals surface area contributed by atoms with Crippen molar-refractivity contribution < 1.29 is 9.59 Å². The quantitative estimate of drug-likeness (QED) is 0.748. The first-order valence-electron chi connectivity index (χ1n) is 9.25. The Morgan fingerprint density at radius 3 is 2.30 bits per heavy atom. The Hall–Kier alpha value is -2.33. The van der Waals surface area contributed by atoms with Gasteiger partial charge in [-0.3, -0.25) is 9.59 Å². The second kappa shape index (κ2) is 10.1. The van der Waals surface area contributed by atoms with Crippen molar-refractivity contribution in [1.29, 1.82) is 0 Å². The molecule has 2 aromatic rings. The van der Waals surface area contributed by atoms with Gasteiger partial charge in [0.05, 0.1) is 6.42 Å². The minimum atomic E-state index is -0.539. The SMILES string of the molecule is CC(C)NC(=O)[C@H](C)N(CCc1ccccc1)C(=O)Cc1cccc(Cl)c1. The Balaban J connectivity index is 2.14. The predicted octanol–water partition coefficient (Wildman–Crippen LogP) is 3.87. The molecular weight excluding hydrogens is 360 g/mol. The van der Waals surface area contributed by atoms with Crippen molar-refractivity contribution in [3.63, 3.8) is 0 Å². The topological polar surface area (TPSA) is 49.4 Å². The van der Waals surface area contributed by atoms with E-state index in [1.807, 2.05) is 56.3 Å². The number of benzene rings is 2. The van der Waals surface area contributed by atoms with Crippen LogP contribution >= 0.6 is 11.6 Å². The standard InChI is InChI=1S/C22H27ClN2O2/c1-16(2)24-22(27)17(3)25(13-12-18-8-5-4-6-9-18)21(26)15-19-10-7-11-20(23)14-19/h4-11,14,16-17H,12-13,15H2,1-3H3,(H,24,27)/t17-/m0/s1. The van der Waals surface area contributed by atoms with Crippen LogP contribution in [0.2, 0.25) is 5.02 Å². The van der Waals surface area contributed by atoms with Crippen LogP contribution in [-0.2, 0) is 22.4 Å². The molecule has 0 saturated carbocycles. The highest BCUT2D eigenvalue weighted by molar-refractivity contribution is 6.30. The third-order valence-corrected chi connectivity index (χ3v) is 4.56. The maximum atomic E-state index is 13.0. The number of nitrogens with zero attached hydrogens (tertiary/aromatic N) is 1. The van der Waals surface area contributed by atoms with Crippen LogP contribution in [0.1, 0.15) is 31.9 Å². The zero-order valence-corrected chi connectivity index (χ0v) is 16.9. The van der Waals surface area contributed by atoms with Crippen molar-refractivity contribution in [2.75, 3.05) is 6.54 Å². The van der Waals surface area contributed by atoms with Gasteiger partial charge in [-0.05, 0) is 50.5 Å². The first-order chi connectivity index (χ1) is 12.9. The minimum absolute atomic E-state index is 0.0268. The van der Waals surface area contributed by atoms with E-state index in [-0.39, 0.29) is 24.3 Å². The van der Waals surface area contributed by atoms with Crippen molar-refractivity contribution in [3.05, 3.63) is 70.7 Å². The monoisotopic (exact) mass is 386 g/mol. The molecule has 1 atom stereocenters. The van der Waals surface area contributed by atoms with Gasteiger partial charge in [0.25, 0.3) is 0 Å². The van der Waals surface area contributed by atoms with Gasteiger partial charge in [-0.1, -0.05) is 54.1 Å². The number of nitrogens with one attached hydrogen (secondary N) is 1. The highest BCUT2D eigenvalue weighted by atomic mass is 35.5. The number of amides is 2. The van der Waals surface area contributed by atoms with Gasteiger partial charge in [0.1, 0.15) is 6.04 Å². The summed E-state index contributed by atoms with van der Waals surface area (Å²) in [6.45, 7) is 6.08. The van der Waals surface area contributed by atoms with E-state index in [0.717, 1.165) is 11.1 Å². The molecule has 144 valence electrons. The van der Waals surface area contributed by atoms with E-state index in [9.17, 15) is 9.59 Å². The van der Waals surface area contributed by atoms with Gasteiger partial charge in [-0.2, -0.15) is 0 Å². The lowest BCUT2D eigenvalue weighted by atomic mass is 10.1. The van der Waals surface area contributed by atoms with Gasteiger partial charge in [0.2, 0.25) is 11.8 Å². The first-order valence-corrected chi connectivity index (χ1v) is 9.63. The fourth-order valence-electron chi connectivity index (χ4n) is 2.90. The Labute approximate surface area is 166 Å². The summed E-state index contributed by atoms with van der Waals surface area (Å²) in [5.74, 6) is -0.225. The van der Waals surface area contributed by atoms with Crippen LogP contribution in [0.5, 0.6) is 0 Å². The Morgan fingerprint density at radius 1 is 1.00 bits per heavy atom. The Bertz CT molecular complexity index is 762. The normalized spacial score (nSPS) is 11.9. The van der Waals surface area contributed by atoms with Gasteiger partial charge in [-0.25, -0.2) is 0 Å². The summed E-state index contributed by atoms with van der Waals surface area (Å²) in [5, 5.41) is 3.49. The Kier molecular flexibility index (Phi) is 7.86. The summed E-state index contributed by atoms with van der Waals surface area (Å²) in [7, 11) is 0. The van der Waals surface area contributed by atoms with E-state index in [2.05, 4.69) is 5.32 Å². The molecule has 1 N–H and O–H groups in total. The second-order valence-corrected chi connectivity index (χ2v) is 7.41. The van der Waals surface area contributed by atoms with Gasteiger partial charge in [-0.15, -0.1) is 0 Å². The van der Waals surface area contributed by atoms with Gasteiger partial charge < -0.3 is 10.2 Å². The maximum absolute atomic E-state index is 13.0. The fourth-order valence-corrected chi connectivity index (χ4v) is 3.11. The first kappa shape index (κ1) is 21.0. The second-order valence-electron chi connectivity index (χ2n) is 6.97. The molecular formula is C22H27ClN2O2. The molecule has 0 heterocycles. The summed E-state index contributed by atoms with van der Waals surface area (Å²) in [6, 6.07) is 16.7. The van der Waals surface area contributed by atoms with Crippen LogP contribution in [0.3, 0.4) is 0 Å². The zero-order valence-electron chi connectivity index (χ0n) is 16.1. The maximum Gasteiger partial charge on any atom is 0.242 e. The highest BCUT2D eigenvalue weighted by Gasteiger charge is 2.26. The summed E-state index contributed by atoms with van der Waals surface area (Å²) in [6.07, 6.45) is 0.913. The van der Waals surface area contributed by atoms with E-state index >= 15 is 0 Å². The van der Waals surface area contributed by atoms with Crippen molar-refractivity contribution >= 4 is 23.4 Å². The molecule has 27 heavy (non-hydrogen) atoms. The number of carbonyl (C=O) groups excluding carboxylic acids is 2. The molecule has 0 spiro atoms. The van der Waals surface area contributed by atoms with Crippen LogP contribution in [0, 0.1) is 0 Å². The lowest BCUT2D eigenvalue weighted by Crippen LogP contribution is -2.50.